The summed E-state index contributed by atoms with van der Waals surface area (Å²) < 4.78 is 0. The van der Waals surface area contributed by atoms with E-state index in [-0.39, 0.29) is 0 Å². The Morgan fingerprint density at radius 2 is 2.15 bits per heavy atom. The lowest BCUT2D eigenvalue weighted by atomic mass is 9.98. The standard InChI is InChI=1S/C10H17NO2/c1-7-3-4-9(8(7)2)11-6-5-10(12)13/h5-9,11H,3-4H2,1-2H3,(H,12,13)/b6-5+. The summed E-state index contributed by atoms with van der Waals surface area (Å²) in [6, 6.07) is 0.450. The van der Waals surface area contributed by atoms with Gasteiger partial charge in [0.1, 0.15) is 0 Å². The highest BCUT2D eigenvalue weighted by Crippen LogP contribution is 2.30. The van der Waals surface area contributed by atoms with Crippen LogP contribution in [0.2, 0.25) is 0 Å². The third-order valence-electron chi connectivity index (χ3n) is 3.00. The first-order valence-corrected chi connectivity index (χ1v) is 4.76. The Kier molecular flexibility index (Phi) is 3.34. The molecule has 3 atom stereocenters. The normalized spacial score (nSPS) is 33.8. The van der Waals surface area contributed by atoms with Crippen LogP contribution in [0.15, 0.2) is 12.3 Å². The number of hydrogen-bond acceptors (Lipinski definition) is 2. The monoisotopic (exact) mass is 183 g/mol. The minimum Gasteiger partial charge on any atom is -0.478 e. The van der Waals surface area contributed by atoms with Gasteiger partial charge in [0.05, 0.1) is 0 Å². The molecule has 1 saturated carbocycles. The van der Waals surface area contributed by atoms with Crippen LogP contribution >= 0.6 is 0 Å². The maximum absolute atomic E-state index is 10.2. The second-order valence-corrected chi connectivity index (χ2v) is 3.86. The van der Waals surface area contributed by atoms with Gasteiger partial charge in [-0.2, -0.15) is 0 Å². The lowest BCUT2D eigenvalue weighted by Crippen LogP contribution is -2.28. The zero-order valence-corrected chi connectivity index (χ0v) is 8.16. The molecular formula is C10H17NO2. The molecule has 1 fully saturated rings. The highest BCUT2D eigenvalue weighted by molar-refractivity contribution is 5.79. The Balaban J connectivity index is 2.34. The first-order chi connectivity index (χ1) is 6.11. The number of aliphatic carboxylic acids is 1. The molecule has 0 radical (unpaired) electrons. The first-order valence-electron chi connectivity index (χ1n) is 4.76. The Hall–Kier alpha value is -0.990. The minimum absolute atomic E-state index is 0.450. The van der Waals surface area contributed by atoms with Crippen molar-refractivity contribution in [1.82, 2.24) is 5.32 Å². The lowest BCUT2D eigenvalue weighted by molar-refractivity contribution is -0.131. The van der Waals surface area contributed by atoms with Crippen molar-refractivity contribution in [3.63, 3.8) is 0 Å². The Labute approximate surface area is 78.8 Å². The van der Waals surface area contributed by atoms with Crippen LogP contribution in [0.5, 0.6) is 0 Å². The van der Waals surface area contributed by atoms with Crippen molar-refractivity contribution in [2.45, 2.75) is 32.7 Å². The summed E-state index contributed by atoms with van der Waals surface area (Å²) in [5.74, 6) is 0.486. The highest BCUT2D eigenvalue weighted by Gasteiger charge is 2.28. The largest absolute Gasteiger partial charge is 0.478 e. The molecule has 1 aliphatic carbocycles. The molecule has 3 nitrogen and oxygen atoms in total. The van der Waals surface area contributed by atoms with Crippen molar-refractivity contribution in [1.29, 1.82) is 0 Å². The van der Waals surface area contributed by atoms with Crippen molar-refractivity contribution < 1.29 is 9.90 Å². The molecule has 2 N–H and O–H groups in total. The van der Waals surface area contributed by atoms with Gasteiger partial charge in [0.2, 0.25) is 0 Å². The van der Waals surface area contributed by atoms with E-state index in [0.717, 1.165) is 18.4 Å². The SMILES string of the molecule is CC1CCC(N/C=C/C(=O)O)C1C. The quantitative estimate of drug-likeness (QED) is 0.653. The molecule has 0 aromatic heterocycles. The topological polar surface area (TPSA) is 49.3 Å². The Morgan fingerprint density at radius 3 is 2.62 bits per heavy atom. The van der Waals surface area contributed by atoms with Crippen molar-refractivity contribution in [2.24, 2.45) is 11.8 Å². The van der Waals surface area contributed by atoms with Gasteiger partial charge >= 0.3 is 5.97 Å². The second kappa shape index (κ2) is 4.30. The number of nitrogens with one attached hydrogen (secondary N) is 1. The summed E-state index contributed by atoms with van der Waals surface area (Å²) in [6.45, 7) is 4.46. The molecular weight excluding hydrogens is 166 g/mol. The molecule has 0 amide bonds. The van der Waals surface area contributed by atoms with E-state index in [0.29, 0.717) is 12.0 Å². The van der Waals surface area contributed by atoms with Crippen LogP contribution < -0.4 is 5.32 Å². The second-order valence-electron chi connectivity index (χ2n) is 3.86. The van der Waals surface area contributed by atoms with E-state index in [1.165, 1.54) is 6.42 Å². The summed E-state index contributed by atoms with van der Waals surface area (Å²) in [7, 11) is 0. The fourth-order valence-electron chi connectivity index (χ4n) is 1.84. The summed E-state index contributed by atoms with van der Waals surface area (Å²) in [6.07, 6.45) is 5.07. The van der Waals surface area contributed by atoms with Crippen molar-refractivity contribution >= 4 is 5.97 Å². The molecule has 0 bridgehead atoms. The molecule has 3 unspecified atom stereocenters. The number of carboxylic acids is 1. The smallest absolute Gasteiger partial charge is 0.329 e. The van der Waals surface area contributed by atoms with Gasteiger partial charge in [0.15, 0.2) is 0 Å². The van der Waals surface area contributed by atoms with E-state index >= 15 is 0 Å². The third kappa shape index (κ3) is 2.76. The van der Waals surface area contributed by atoms with Gasteiger partial charge in [-0.25, -0.2) is 4.79 Å². The van der Waals surface area contributed by atoms with Crippen LogP contribution in [0.4, 0.5) is 0 Å². The molecule has 1 aliphatic rings. The van der Waals surface area contributed by atoms with Gasteiger partial charge in [0.25, 0.3) is 0 Å². The molecule has 13 heavy (non-hydrogen) atoms. The van der Waals surface area contributed by atoms with E-state index < -0.39 is 5.97 Å². The van der Waals surface area contributed by atoms with E-state index in [9.17, 15) is 4.79 Å². The van der Waals surface area contributed by atoms with Crippen LogP contribution in [0.1, 0.15) is 26.7 Å². The molecule has 1 rings (SSSR count). The van der Waals surface area contributed by atoms with E-state index in [1.54, 1.807) is 6.20 Å². The maximum Gasteiger partial charge on any atom is 0.329 e. The zero-order chi connectivity index (χ0) is 9.84. The van der Waals surface area contributed by atoms with Crippen molar-refractivity contribution in [3.05, 3.63) is 12.3 Å². The molecule has 0 saturated heterocycles. The molecule has 0 heterocycles. The fourth-order valence-corrected chi connectivity index (χ4v) is 1.84. The van der Waals surface area contributed by atoms with E-state index in [1.807, 2.05) is 0 Å². The predicted octanol–water partition coefficient (Wildman–Crippen LogP) is 1.61. The Bertz CT molecular complexity index is 213. The number of carboxylic acid groups (broad SMARTS) is 1. The fraction of sp³-hybridized carbons (Fsp3) is 0.700. The first kappa shape index (κ1) is 10.1. The van der Waals surface area contributed by atoms with Crippen molar-refractivity contribution in [3.8, 4) is 0 Å². The van der Waals surface area contributed by atoms with Crippen LogP contribution in [-0.4, -0.2) is 17.1 Å². The van der Waals surface area contributed by atoms with Crippen molar-refractivity contribution in [2.75, 3.05) is 0 Å². The van der Waals surface area contributed by atoms with Crippen LogP contribution in [-0.2, 0) is 4.79 Å². The number of rotatable bonds is 3. The highest BCUT2D eigenvalue weighted by atomic mass is 16.4. The van der Waals surface area contributed by atoms with Gasteiger partial charge in [0, 0.05) is 18.3 Å². The Morgan fingerprint density at radius 1 is 1.46 bits per heavy atom. The predicted molar refractivity (Wildman–Crippen MR) is 51.3 cm³/mol. The number of carbonyl (C=O) groups is 1. The van der Waals surface area contributed by atoms with Crippen LogP contribution in [0.3, 0.4) is 0 Å². The summed E-state index contributed by atoms with van der Waals surface area (Å²) in [5, 5.41) is 11.5. The average molecular weight is 183 g/mol. The molecule has 74 valence electrons. The van der Waals surface area contributed by atoms with Gasteiger partial charge in [-0.15, -0.1) is 0 Å². The van der Waals surface area contributed by atoms with Gasteiger partial charge in [-0.05, 0) is 24.7 Å². The summed E-state index contributed by atoms with van der Waals surface area (Å²) in [5.41, 5.74) is 0. The maximum atomic E-state index is 10.2. The van der Waals surface area contributed by atoms with Gasteiger partial charge < -0.3 is 10.4 Å². The lowest BCUT2D eigenvalue weighted by Gasteiger charge is -2.17. The van der Waals surface area contributed by atoms with E-state index in [4.69, 9.17) is 5.11 Å². The third-order valence-corrected chi connectivity index (χ3v) is 3.00. The summed E-state index contributed by atoms with van der Waals surface area (Å²) in [4.78, 5) is 10.2. The molecule has 0 spiro atoms. The number of hydrogen-bond donors (Lipinski definition) is 2. The van der Waals surface area contributed by atoms with Crippen LogP contribution in [0.25, 0.3) is 0 Å². The van der Waals surface area contributed by atoms with Crippen LogP contribution in [0, 0.1) is 11.8 Å². The van der Waals surface area contributed by atoms with Gasteiger partial charge in [-0.1, -0.05) is 13.8 Å². The molecule has 0 aromatic rings. The van der Waals surface area contributed by atoms with E-state index in [2.05, 4.69) is 19.2 Å². The van der Waals surface area contributed by atoms with Gasteiger partial charge in [-0.3, -0.25) is 0 Å². The molecule has 3 heteroatoms. The zero-order valence-electron chi connectivity index (χ0n) is 8.16. The molecule has 0 aromatic carbocycles. The average Bonchev–Trinajstić information content (AvgIpc) is 2.35. The molecule has 0 aliphatic heterocycles. The summed E-state index contributed by atoms with van der Waals surface area (Å²) >= 11 is 0. The minimum atomic E-state index is -0.897.